The highest BCUT2D eigenvalue weighted by molar-refractivity contribution is 5.94. The summed E-state index contributed by atoms with van der Waals surface area (Å²) < 4.78 is 36.7. The van der Waals surface area contributed by atoms with Gasteiger partial charge in [-0.15, -0.1) is 0 Å². The smallest absolute Gasteiger partial charge is 0.350 e. The SMILES string of the molecule is NOCCNC(=O)c1ccc(C(F)(F)F)cc1. The summed E-state index contributed by atoms with van der Waals surface area (Å²) in [5.74, 6) is 4.27. The molecule has 0 saturated carbocycles. The lowest BCUT2D eigenvalue weighted by Gasteiger charge is -2.08. The van der Waals surface area contributed by atoms with Crippen LogP contribution in [-0.2, 0) is 11.0 Å². The van der Waals surface area contributed by atoms with Crippen molar-refractivity contribution in [2.45, 2.75) is 6.18 Å². The van der Waals surface area contributed by atoms with Crippen molar-refractivity contribution in [2.24, 2.45) is 5.90 Å². The van der Waals surface area contributed by atoms with E-state index in [1.807, 2.05) is 0 Å². The van der Waals surface area contributed by atoms with Gasteiger partial charge in [0, 0.05) is 12.1 Å². The molecule has 4 nitrogen and oxygen atoms in total. The average Bonchev–Trinajstić information content (AvgIpc) is 2.28. The lowest BCUT2D eigenvalue weighted by Crippen LogP contribution is -2.28. The van der Waals surface area contributed by atoms with E-state index in [4.69, 9.17) is 5.90 Å². The van der Waals surface area contributed by atoms with E-state index in [-0.39, 0.29) is 18.7 Å². The first-order valence-electron chi connectivity index (χ1n) is 4.72. The Kier molecular flexibility index (Phi) is 4.47. The van der Waals surface area contributed by atoms with Crippen LogP contribution in [-0.4, -0.2) is 19.1 Å². The molecule has 3 N–H and O–H groups in total. The fraction of sp³-hybridized carbons (Fsp3) is 0.300. The van der Waals surface area contributed by atoms with Crippen LogP contribution in [0.25, 0.3) is 0 Å². The van der Waals surface area contributed by atoms with Gasteiger partial charge in [-0.3, -0.25) is 4.79 Å². The summed E-state index contributed by atoms with van der Waals surface area (Å²) in [6, 6.07) is 3.94. The minimum atomic E-state index is -4.40. The van der Waals surface area contributed by atoms with Crippen molar-refractivity contribution in [3.05, 3.63) is 35.4 Å². The molecule has 0 spiro atoms. The third-order valence-corrected chi connectivity index (χ3v) is 1.98. The Balaban J connectivity index is 2.64. The third kappa shape index (κ3) is 4.04. The minimum Gasteiger partial charge on any atom is -0.350 e. The molecule has 0 radical (unpaired) electrons. The zero-order valence-electron chi connectivity index (χ0n) is 8.75. The summed E-state index contributed by atoms with van der Waals surface area (Å²) in [4.78, 5) is 15.6. The Labute approximate surface area is 95.5 Å². The number of carbonyl (C=O) groups excluding carboxylic acids is 1. The van der Waals surface area contributed by atoms with Crippen molar-refractivity contribution >= 4 is 5.91 Å². The van der Waals surface area contributed by atoms with E-state index in [9.17, 15) is 18.0 Å². The Morgan fingerprint density at radius 1 is 1.29 bits per heavy atom. The predicted molar refractivity (Wildman–Crippen MR) is 53.9 cm³/mol. The second kappa shape index (κ2) is 5.65. The van der Waals surface area contributed by atoms with Crippen molar-refractivity contribution in [1.82, 2.24) is 5.32 Å². The van der Waals surface area contributed by atoms with Crippen molar-refractivity contribution in [2.75, 3.05) is 13.2 Å². The van der Waals surface area contributed by atoms with E-state index in [1.54, 1.807) is 0 Å². The van der Waals surface area contributed by atoms with Gasteiger partial charge in [0.15, 0.2) is 0 Å². The van der Waals surface area contributed by atoms with Gasteiger partial charge in [0.2, 0.25) is 0 Å². The maximum atomic E-state index is 12.2. The molecule has 0 aromatic heterocycles. The largest absolute Gasteiger partial charge is 0.416 e. The zero-order chi connectivity index (χ0) is 12.9. The van der Waals surface area contributed by atoms with Gasteiger partial charge in [-0.2, -0.15) is 13.2 Å². The number of amides is 1. The van der Waals surface area contributed by atoms with Crippen molar-refractivity contribution < 1.29 is 22.8 Å². The number of alkyl halides is 3. The number of hydrogen-bond donors (Lipinski definition) is 2. The summed E-state index contributed by atoms with van der Waals surface area (Å²) in [6.45, 7) is 0.322. The van der Waals surface area contributed by atoms with Crippen molar-refractivity contribution in [3.63, 3.8) is 0 Å². The highest BCUT2D eigenvalue weighted by atomic mass is 19.4. The van der Waals surface area contributed by atoms with Crippen LogP contribution in [0.4, 0.5) is 13.2 Å². The Morgan fingerprint density at radius 3 is 2.35 bits per heavy atom. The van der Waals surface area contributed by atoms with Gasteiger partial charge in [-0.25, -0.2) is 5.90 Å². The molecule has 1 aromatic rings. The van der Waals surface area contributed by atoms with Crippen LogP contribution in [0.3, 0.4) is 0 Å². The van der Waals surface area contributed by atoms with Gasteiger partial charge in [0.1, 0.15) is 0 Å². The maximum Gasteiger partial charge on any atom is 0.416 e. The van der Waals surface area contributed by atoms with E-state index in [0.717, 1.165) is 24.3 Å². The zero-order valence-corrected chi connectivity index (χ0v) is 8.75. The van der Waals surface area contributed by atoms with Crippen LogP contribution in [0.5, 0.6) is 0 Å². The predicted octanol–water partition coefficient (Wildman–Crippen LogP) is 1.33. The van der Waals surface area contributed by atoms with Crippen LogP contribution in [0.2, 0.25) is 0 Å². The van der Waals surface area contributed by atoms with Gasteiger partial charge < -0.3 is 10.2 Å². The molecule has 0 aliphatic carbocycles. The van der Waals surface area contributed by atoms with Gasteiger partial charge in [-0.1, -0.05) is 0 Å². The summed E-state index contributed by atoms with van der Waals surface area (Å²) in [5.41, 5.74) is -0.644. The number of carbonyl (C=O) groups is 1. The molecule has 0 bridgehead atoms. The fourth-order valence-electron chi connectivity index (χ4n) is 1.14. The molecule has 17 heavy (non-hydrogen) atoms. The summed E-state index contributed by atoms with van der Waals surface area (Å²) in [5, 5.41) is 2.43. The number of nitrogens with two attached hydrogens (primary N) is 1. The molecule has 94 valence electrons. The van der Waals surface area contributed by atoms with E-state index in [0.29, 0.717) is 0 Å². The normalized spacial score (nSPS) is 11.3. The molecule has 0 aliphatic rings. The van der Waals surface area contributed by atoms with Crippen molar-refractivity contribution in [1.29, 1.82) is 0 Å². The van der Waals surface area contributed by atoms with Crippen LogP contribution >= 0.6 is 0 Å². The first kappa shape index (κ1) is 13.5. The molecule has 7 heteroatoms. The summed E-state index contributed by atoms with van der Waals surface area (Å²) in [7, 11) is 0. The molecular formula is C10H11F3N2O2. The van der Waals surface area contributed by atoms with Crippen LogP contribution < -0.4 is 11.2 Å². The second-order valence-corrected chi connectivity index (χ2v) is 3.20. The lowest BCUT2D eigenvalue weighted by atomic mass is 10.1. The van der Waals surface area contributed by atoms with Crippen LogP contribution in [0, 0.1) is 0 Å². The van der Waals surface area contributed by atoms with Crippen molar-refractivity contribution in [3.8, 4) is 0 Å². The standard InChI is InChI=1S/C10H11F3N2O2/c11-10(12,13)8-3-1-7(2-4-8)9(16)15-5-6-17-14/h1-4H,5-6,14H2,(H,15,16). The van der Waals surface area contributed by atoms with E-state index in [2.05, 4.69) is 10.2 Å². The molecule has 0 unspecified atom stereocenters. The second-order valence-electron chi connectivity index (χ2n) is 3.20. The average molecular weight is 248 g/mol. The Bertz CT molecular complexity index is 376. The van der Waals surface area contributed by atoms with Gasteiger partial charge in [-0.05, 0) is 24.3 Å². The summed E-state index contributed by atoms with van der Waals surface area (Å²) >= 11 is 0. The van der Waals surface area contributed by atoms with Crippen LogP contribution in [0.15, 0.2) is 24.3 Å². The topological polar surface area (TPSA) is 64.3 Å². The Hall–Kier alpha value is -1.60. The quantitative estimate of drug-likeness (QED) is 0.624. The molecule has 1 rings (SSSR count). The molecule has 0 aliphatic heterocycles. The molecule has 0 atom stereocenters. The maximum absolute atomic E-state index is 12.2. The minimum absolute atomic E-state index is 0.131. The van der Waals surface area contributed by atoms with Gasteiger partial charge in [0.05, 0.1) is 12.2 Å². The van der Waals surface area contributed by atoms with E-state index < -0.39 is 17.6 Å². The molecular weight excluding hydrogens is 237 g/mol. The highest BCUT2D eigenvalue weighted by Crippen LogP contribution is 2.28. The molecule has 1 aromatic carbocycles. The molecule has 0 saturated heterocycles. The van der Waals surface area contributed by atoms with E-state index in [1.165, 1.54) is 0 Å². The van der Waals surface area contributed by atoms with Gasteiger partial charge in [0.25, 0.3) is 5.91 Å². The molecule has 0 heterocycles. The number of halogens is 3. The van der Waals surface area contributed by atoms with Gasteiger partial charge >= 0.3 is 6.18 Å². The number of nitrogens with one attached hydrogen (secondary N) is 1. The number of benzene rings is 1. The monoisotopic (exact) mass is 248 g/mol. The Morgan fingerprint density at radius 2 is 1.88 bits per heavy atom. The molecule has 0 fully saturated rings. The van der Waals surface area contributed by atoms with Crippen LogP contribution in [0.1, 0.15) is 15.9 Å². The fourth-order valence-corrected chi connectivity index (χ4v) is 1.14. The summed E-state index contributed by atoms with van der Waals surface area (Å²) in [6.07, 6.45) is -4.40. The first-order valence-corrected chi connectivity index (χ1v) is 4.72. The van der Waals surface area contributed by atoms with E-state index >= 15 is 0 Å². The third-order valence-electron chi connectivity index (χ3n) is 1.98. The lowest BCUT2D eigenvalue weighted by molar-refractivity contribution is -0.137. The first-order chi connectivity index (χ1) is 7.95. The number of hydrogen-bond acceptors (Lipinski definition) is 3. The number of rotatable bonds is 4. The highest BCUT2D eigenvalue weighted by Gasteiger charge is 2.30. The molecule has 1 amide bonds.